The van der Waals surface area contributed by atoms with E-state index in [0.717, 1.165) is 44.9 Å². The Balaban J connectivity index is 2.48. The predicted molar refractivity (Wildman–Crippen MR) is 126 cm³/mol. The topological polar surface area (TPSA) is 18.5 Å². The lowest BCUT2D eigenvalue weighted by molar-refractivity contribution is -0.244. The summed E-state index contributed by atoms with van der Waals surface area (Å²) in [5.74, 6) is -9.60. The lowest BCUT2D eigenvalue weighted by Gasteiger charge is -2.38. The maximum Gasteiger partial charge on any atom is 0.200 e. The van der Waals surface area contributed by atoms with E-state index in [1.807, 2.05) is 0 Å². The molecule has 0 bridgehead atoms. The van der Waals surface area contributed by atoms with Crippen LogP contribution in [-0.2, 0) is 15.9 Å². The smallest absolute Gasteiger partial charge is 0.200 e. The number of methoxy groups -OCH3 is 2. The number of unbranched alkanes of at least 4 members (excludes halogenated alkanes) is 9. The van der Waals surface area contributed by atoms with Gasteiger partial charge in [0, 0.05) is 25.7 Å². The van der Waals surface area contributed by atoms with Gasteiger partial charge in [-0.1, -0.05) is 78.1 Å². The lowest BCUT2D eigenvalue weighted by Crippen LogP contribution is -2.41. The van der Waals surface area contributed by atoms with Crippen molar-refractivity contribution in [3.8, 4) is 0 Å². The average Bonchev–Trinajstić information content (AvgIpc) is 2.85. The van der Waals surface area contributed by atoms with Crippen molar-refractivity contribution in [1.82, 2.24) is 0 Å². The van der Waals surface area contributed by atoms with E-state index in [1.54, 1.807) is 14.2 Å². The highest BCUT2D eigenvalue weighted by molar-refractivity contribution is 5.24. The summed E-state index contributed by atoms with van der Waals surface area (Å²) in [6, 6.07) is 0. The summed E-state index contributed by atoms with van der Waals surface area (Å²) in [5.41, 5.74) is -0.719. The average molecular weight is 495 g/mol. The molecule has 0 spiro atoms. The summed E-state index contributed by atoms with van der Waals surface area (Å²) in [7, 11) is 3.39. The minimum absolute atomic E-state index is 0.168. The minimum Gasteiger partial charge on any atom is -0.353 e. The molecular weight excluding hydrogens is 451 g/mol. The molecule has 0 N–H and O–H groups in total. The summed E-state index contributed by atoms with van der Waals surface area (Å²) in [5, 5.41) is 0. The fraction of sp³-hybridized carbons (Fsp3) is 0.778. The summed E-state index contributed by atoms with van der Waals surface area (Å²) in [4.78, 5) is 0. The Morgan fingerprint density at radius 1 is 0.588 bits per heavy atom. The Kier molecular flexibility index (Phi) is 14.9. The molecule has 1 aromatic rings. The van der Waals surface area contributed by atoms with Crippen molar-refractivity contribution in [3.05, 3.63) is 34.6 Å². The van der Waals surface area contributed by atoms with Gasteiger partial charge in [0.1, 0.15) is 0 Å². The van der Waals surface area contributed by atoms with Gasteiger partial charge < -0.3 is 9.47 Å². The van der Waals surface area contributed by atoms with E-state index < -0.39 is 40.4 Å². The highest BCUT2D eigenvalue weighted by atomic mass is 19.2. The first-order chi connectivity index (χ1) is 16.3. The summed E-state index contributed by atoms with van der Waals surface area (Å²) < 4.78 is 79.0. The highest BCUT2D eigenvalue weighted by Crippen LogP contribution is 2.35. The van der Waals surface area contributed by atoms with Gasteiger partial charge >= 0.3 is 0 Å². The molecule has 0 aliphatic rings. The van der Waals surface area contributed by atoms with Crippen LogP contribution in [0.3, 0.4) is 0 Å². The Morgan fingerprint density at radius 3 is 1.44 bits per heavy atom. The molecule has 0 saturated heterocycles. The number of hydrogen-bond donors (Lipinski definition) is 0. The van der Waals surface area contributed by atoms with Crippen molar-refractivity contribution in [1.29, 1.82) is 0 Å². The van der Waals surface area contributed by atoms with Crippen LogP contribution < -0.4 is 0 Å². The van der Waals surface area contributed by atoms with Gasteiger partial charge in [-0.3, -0.25) is 0 Å². The monoisotopic (exact) mass is 494 g/mol. The van der Waals surface area contributed by atoms with Gasteiger partial charge in [-0.25, -0.2) is 22.0 Å². The van der Waals surface area contributed by atoms with Crippen molar-refractivity contribution in [2.45, 2.75) is 116 Å². The second kappa shape index (κ2) is 16.5. The standard InChI is InChI=1S/C27H43F5O2/c1-5-7-8-9-11-14-17-20(27(6-2,33-3)34-4)18-15-12-10-13-16-19-21-22(28)24(30)26(32)25(31)23(21)29/h20H,5-19H2,1-4H3. The first-order valence-corrected chi connectivity index (χ1v) is 12.9. The lowest BCUT2D eigenvalue weighted by atomic mass is 9.85. The zero-order chi connectivity index (χ0) is 25.6. The maximum atomic E-state index is 13.8. The van der Waals surface area contributed by atoms with Crippen LogP contribution in [0.2, 0.25) is 0 Å². The van der Waals surface area contributed by atoms with Crippen LogP contribution in [0, 0.1) is 35.0 Å². The molecule has 0 amide bonds. The van der Waals surface area contributed by atoms with Crippen LogP contribution in [0.15, 0.2) is 0 Å². The van der Waals surface area contributed by atoms with Gasteiger partial charge in [0.15, 0.2) is 29.1 Å². The normalized spacial score (nSPS) is 13.0. The van der Waals surface area contributed by atoms with Crippen LogP contribution in [0.4, 0.5) is 22.0 Å². The van der Waals surface area contributed by atoms with E-state index in [4.69, 9.17) is 9.47 Å². The van der Waals surface area contributed by atoms with Crippen molar-refractivity contribution < 1.29 is 31.4 Å². The molecule has 1 rings (SSSR count). The number of ether oxygens (including phenoxy) is 2. The molecule has 1 aromatic carbocycles. The fourth-order valence-electron chi connectivity index (χ4n) is 4.84. The second-order valence-corrected chi connectivity index (χ2v) is 9.18. The third kappa shape index (κ3) is 8.78. The minimum atomic E-state index is -2.11. The molecule has 2 nitrogen and oxygen atoms in total. The molecule has 198 valence electrons. The number of benzene rings is 1. The third-order valence-electron chi connectivity index (χ3n) is 6.99. The molecule has 0 heterocycles. The summed E-state index contributed by atoms with van der Waals surface area (Å²) >= 11 is 0. The molecule has 0 aromatic heterocycles. The van der Waals surface area contributed by atoms with Crippen LogP contribution in [0.25, 0.3) is 0 Å². The molecular formula is C27H43F5O2. The van der Waals surface area contributed by atoms with Gasteiger partial charge in [0.05, 0.1) is 0 Å². The van der Waals surface area contributed by atoms with E-state index >= 15 is 0 Å². The SMILES string of the molecule is CCCCCCCCC(CCCCCCCc1c(F)c(F)c(F)c(F)c1F)C(CC)(OC)OC. The summed E-state index contributed by atoms with van der Waals surface area (Å²) in [6.45, 7) is 4.28. The molecule has 0 saturated carbocycles. The van der Waals surface area contributed by atoms with Crippen LogP contribution in [0.5, 0.6) is 0 Å². The van der Waals surface area contributed by atoms with Crippen LogP contribution in [0.1, 0.15) is 109 Å². The molecule has 0 fully saturated rings. The molecule has 0 aliphatic carbocycles. The molecule has 7 heteroatoms. The molecule has 1 unspecified atom stereocenters. The van der Waals surface area contributed by atoms with E-state index in [2.05, 4.69) is 13.8 Å². The number of rotatable bonds is 19. The predicted octanol–water partition coefficient (Wildman–Crippen LogP) is 9.03. The Morgan fingerprint density at radius 2 is 1.00 bits per heavy atom. The van der Waals surface area contributed by atoms with E-state index in [1.165, 1.54) is 32.1 Å². The zero-order valence-electron chi connectivity index (χ0n) is 21.4. The van der Waals surface area contributed by atoms with E-state index in [0.29, 0.717) is 12.8 Å². The largest absolute Gasteiger partial charge is 0.353 e. The Hall–Kier alpha value is -1.21. The Bertz CT molecular complexity index is 669. The molecule has 0 aliphatic heterocycles. The van der Waals surface area contributed by atoms with E-state index in [9.17, 15) is 22.0 Å². The van der Waals surface area contributed by atoms with Gasteiger partial charge in [0.2, 0.25) is 5.82 Å². The number of hydrogen-bond acceptors (Lipinski definition) is 2. The number of halogens is 5. The molecule has 0 radical (unpaired) electrons. The molecule has 34 heavy (non-hydrogen) atoms. The Labute approximate surface area is 202 Å². The fourth-order valence-corrected chi connectivity index (χ4v) is 4.84. The van der Waals surface area contributed by atoms with Crippen LogP contribution in [-0.4, -0.2) is 20.0 Å². The second-order valence-electron chi connectivity index (χ2n) is 9.18. The third-order valence-corrected chi connectivity index (χ3v) is 6.99. The molecule has 1 atom stereocenters. The van der Waals surface area contributed by atoms with Crippen LogP contribution >= 0.6 is 0 Å². The van der Waals surface area contributed by atoms with Gasteiger partial charge in [0.25, 0.3) is 0 Å². The van der Waals surface area contributed by atoms with Crippen molar-refractivity contribution in [2.75, 3.05) is 14.2 Å². The maximum absolute atomic E-state index is 13.8. The first kappa shape index (κ1) is 30.8. The zero-order valence-corrected chi connectivity index (χ0v) is 21.4. The first-order valence-electron chi connectivity index (χ1n) is 12.9. The quantitative estimate of drug-likeness (QED) is 0.0628. The van der Waals surface area contributed by atoms with Gasteiger partial charge in [-0.2, -0.15) is 0 Å². The summed E-state index contributed by atoms with van der Waals surface area (Å²) in [6.07, 6.45) is 13.8. The van der Waals surface area contributed by atoms with Crippen molar-refractivity contribution in [3.63, 3.8) is 0 Å². The van der Waals surface area contributed by atoms with Crippen molar-refractivity contribution in [2.24, 2.45) is 5.92 Å². The van der Waals surface area contributed by atoms with Crippen molar-refractivity contribution >= 4 is 0 Å². The van der Waals surface area contributed by atoms with E-state index in [-0.39, 0.29) is 12.3 Å². The van der Waals surface area contributed by atoms with Gasteiger partial charge in [-0.05, 0) is 32.1 Å². The highest BCUT2D eigenvalue weighted by Gasteiger charge is 2.36. The van der Waals surface area contributed by atoms with Gasteiger partial charge in [-0.15, -0.1) is 0 Å².